The Hall–Kier alpha value is -3.00. The number of nitrogens with two attached hydrogens (primary N) is 1. The van der Waals surface area contributed by atoms with Crippen LogP contribution in [0.15, 0.2) is 39.9 Å². The summed E-state index contributed by atoms with van der Waals surface area (Å²) in [6, 6.07) is 9.42. The molecule has 4 rings (SSSR count). The number of fused-ring (bicyclic) bond motifs is 2. The Balaban J connectivity index is 2.08. The van der Waals surface area contributed by atoms with E-state index in [1.165, 1.54) is 23.0 Å². The lowest BCUT2D eigenvalue weighted by Crippen LogP contribution is -2.37. The van der Waals surface area contributed by atoms with Gasteiger partial charge in [-0.2, -0.15) is 0 Å². The summed E-state index contributed by atoms with van der Waals surface area (Å²) >= 11 is 1.48. The fourth-order valence-electron chi connectivity index (χ4n) is 2.67. The van der Waals surface area contributed by atoms with Crippen LogP contribution in [-0.2, 0) is 14.1 Å². The fourth-order valence-corrected chi connectivity index (χ4v) is 3.66. The first-order valence-corrected chi connectivity index (χ1v) is 8.01. The van der Waals surface area contributed by atoms with Crippen molar-refractivity contribution in [1.82, 2.24) is 19.1 Å². The van der Waals surface area contributed by atoms with Crippen LogP contribution in [0.3, 0.4) is 0 Å². The number of hydrogen-bond donors (Lipinski definition) is 1. The number of aromatic nitrogens is 4. The molecule has 0 saturated carbocycles. The molecule has 0 aliphatic rings. The van der Waals surface area contributed by atoms with E-state index >= 15 is 0 Å². The Bertz CT molecular complexity index is 1200. The molecule has 0 aliphatic heterocycles. The van der Waals surface area contributed by atoms with Crippen molar-refractivity contribution in [3.05, 3.63) is 51.2 Å². The van der Waals surface area contributed by atoms with Crippen molar-refractivity contribution >= 4 is 38.4 Å². The van der Waals surface area contributed by atoms with Gasteiger partial charge in [-0.3, -0.25) is 13.9 Å². The van der Waals surface area contributed by atoms with Crippen molar-refractivity contribution in [3.8, 4) is 10.6 Å². The van der Waals surface area contributed by atoms with Gasteiger partial charge in [-0.25, -0.2) is 14.8 Å². The summed E-state index contributed by atoms with van der Waals surface area (Å²) < 4.78 is 3.40. The Kier molecular flexibility index (Phi) is 3.04. The highest BCUT2D eigenvalue weighted by Crippen LogP contribution is 2.33. The molecule has 0 amide bonds. The average molecular weight is 339 g/mol. The smallest absolute Gasteiger partial charge is 0.332 e. The van der Waals surface area contributed by atoms with Crippen molar-refractivity contribution in [2.45, 2.75) is 0 Å². The van der Waals surface area contributed by atoms with Crippen LogP contribution in [0.2, 0.25) is 0 Å². The van der Waals surface area contributed by atoms with Gasteiger partial charge < -0.3 is 5.73 Å². The molecule has 0 aliphatic carbocycles. The second kappa shape index (κ2) is 5.00. The first-order chi connectivity index (χ1) is 11.5. The lowest BCUT2D eigenvalue weighted by atomic mass is 10.2. The first kappa shape index (κ1) is 14.6. The minimum absolute atomic E-state index is 0.241. The molecule has 0 saturated heterocycles. The Morgan fingerprint density at radius 3 is 2.58 bits per heavy atom. The first-order valence-electron chi connectivity index (χ1n) is 7.19. The molecule has 120 valence electrons. The Morgan fingerprint density at radius 2 is 1.83 bits per heavy atom. The number of anilines is 1. The van der Waals surface area contributed by atoms with E-state index in [1.54, 1.807) is 13.1 Å². The second-order valence-corrected chi connectivity index (χ2v) is 6.52. The SMILES string of the molecule is Cn1c(=O)c2cc(-c3nc4ccccc4s3)c(N)nc2n(C)c1=O. The highest BCUT2D eigenvalue weighted by atomic mass is 32.1. The number of para-hydroxylation sites is 1. The number of aryl methyl sites for hydroxylation is 1. The van der Waals surface area contributed by atoms with Crippen LogP contribution in [0.4, 0.5) is 5.82 Å². The van der Waals surface area contributed by atoms with Crippen molar-refractivity contribution < 1.29 is 0 Å². The fraction of sp³-hybridized carbons (Fsp3) is 0.125. The zero-order valence-electron chi connectivity index (χ0n) is 13.0. The minimum Gasteiger partial charge on any atom is -0.383 e. The molecule has 2 N–H and O–H groups in total. The molecule has 0 unspecified atom stereocenters. The van der Waals surface area contributed by atoms with Gasteiger partial charge in [0.2, 0.25) is 0 Å². The van der Waals surface area contributed by atoms with Gasteiger partial charge in [0.15, 0.2) is 5.65 Å². The molecular weight excluding hydrogens is 326 g/mol. The van der Waals surface area contributed by atoms with E-state index in [2.05, 4.69) is 9.97 Å². The third-order valence-corrected chi connectivity index (χ3v) is 5.05. The molecule has 8 heteroatoms. The molecule has 4 aromatic rings. The number of nitrogens with zero attached hydrogens (tertiary/aromatic N) is 4. The number of rotatable bonds is 1. The molecule has 0 radical (unpaired) electrons. The van der Waals surface area contributed by atoms with Gasteiger partial charge >= 0.3 is 5.69 Å². The number of benzene rings is 1. The molecule has 3 heterocycles. The molecule has 0 spiro atoms. The van der Waals surface area contributed by atoms with E-state index in [0.717, 1.165) is 14.8 Å². The van der Waals surface area contributed by atoms with Crippen LogP contribution >= 0.6 is 11.3 Å². The summed E-state index contributed by atoms with van der Waals surface area (Å²) in [5, 5.41) is 1.03. The van der Waals surface area contributed by atoms with E-state index < -0.39 is 11.2 Å². The quantitative estimate of drug-likeness (QED) is 0.567. The maximum atomic E-state index is 12.4. The summed E-state index contributed by atoms with van der Waals surface area (Å²) in [7, 11) is 3.01. The number of thiazole rings is 1. The van der Waals surface area contributed by atoms with Crippen LogP contribution < -0.4 is 17.0 Å². The Labute approximate surface area is 139 Å². The standard InChI is InChI=1S/C16H13N5O2S/c1-20-13-9(15(22)21(2)16(20)23)7-8(12(17)19-13)14-18-10-5-3-4-6-11(10)24-14/h3-7H,1-2H3,(H2,17,19). The van der Waals surface area contributed by atoms with Gasteiger partial charge in [-0.05, 0) is 18.2 Å². The van der Waals surface area contributed by atoms with E-state index in [-0.39, 0.29) is 11.5 Å². The molecule has 0 atom stereocenters. The lowest BCUT2D eigenvalue weighted by Gasteiger charge is -2.09. The third-order valence-electron chi connectivity index (χ3n) is 3.98. The molecule has 24 heavy (non-hydrogen) atoms. The van der Waals surface area contributed by atoms with Crippen LogP contribution in [0, 0.1) is 0 Å². The van der Waals surface area contributed by atoms with Gasteiger partial charge in [0.25, 0.3) is 5.56 Å². The maximum Gasteiger partial charge on any atom is 0.332 e. The van der Waals surface area contributed by atoms with E-state index in [1.807, 2.05) is 24.3 Å². The lowest BCUT2D eigenvalue weighted by molar-refractivity contribution is 0.708. The predicted octanol–water partition coefficient (Wildman–Crippen LogP) is 1.49. The number of hydrogen-bond acceptors (Lipinski definition) is 6. The van der Waals surface area contributed by atoms with Crippen molar-refractivity contribution in [2.24, 2.45) is 14.1 Å². The summed E-state index contributed by atoms with van der Waals surface area (Å²) in [6.45, 7) is 0. The van der Waals surface area contributed by atoms with Crippen molar-refractivity contribution in [2.75, 3.05) is 5.73 Å². The van der Waals surface area contributed by atoms with Crippen LogP contribution in [0.25, 0.3) is 31.8 Å². The summed E-state index contributed by atoms with van der Waals surface area (Å²) in [6.07, 6.45) is 0. The highest BCUT2D eigenvalue weighted by Gasteiger charge is 2.16. The van der Waals surface area contributed by atoms with E-state index in [9.17, 15) is 9.59 Å². The Morgan fingerprint density at radius 1 is 1.08 bits per heavy atom. The minimum atomic E-state index is -0.438. The van der Waals surface area contributed by atoms with Gasteiger partial charge in [-0.15, -0.1) is 11.3 Å². The van der Waals surface area contributed by atoms with E-state index in [4.69, 9.17) is 5.73 Å². The van der Waals surface area contributed by atoms with Crippen LogP contribution in [0.1, 0.15) is 0 Å². The number of pyridine rings is 1. The molecule has 3 aromatic heterocycles. The highest BCUT2D eigenvalue weighted by molar-refractivity contribution is 7.21. The van der Waals surface area contributed by atoms with Gasteiger partial charge in [0.1, 0.15) is 10.8 Å². The summed E-state index contributed by atoms with van der Waals surface area (Å²) in [5.74, 6) is 0.241. The van der Waals surface area contributed by atoms with Crippen molar-refractivity contribution in [3.63, 3.8) is 0 Å². The monoisotopic (exact) mass is 339 g/mol. The molecule has 7 nitrogen and oxygen atoms in total. The normalized spacial score (nSPS) is 11.4. The topological polar surface area (TPSA) is 95.8 Å². The molecule has 0 fully saturated rings. The van der Waals surface area contributed by atoms with Crippen LogP contribution in [0.5, 0.6) is 0 Å². The molecule has 1 aromatic carbocycles. The second-order valence-electron chi connectivity index (χ2n) is 5.48. The zero-order valence-corrected chi connectivity index (χ0v) is 13.8. The average Bonchev–Trinajstić information content (AvgIpc) is 3.01. The van der Waals surface area contributed by atoms with Gasteiger partial charge in [0.05, 0.1) is 21.2 Å². The molecule has 0 bridgehead atoms. The van der Waals surface area contributed by atoms with Gasteiger partial charge in [-0.1, -0.05) is 12.1 Å². The zero-order chi connectivity index (χ0) is 17.0. The van der Waals surface area contributed by atoms with E-state index in [0.29, 0.717) is 16.0 Å². The largest absolute Gasteiger partial charge is 0.383 e. The third kappa shape index (κ3) is 1.96. The number of nitrogen functional groups attached to an aromatic ring is 1. The predicted molar refractivity (Wildman–Crippen MR) is 95.3 cm³/mol. The van der Waals surface area contributed by atoms with Gasteiger partial charge in [0, 0.05) is 14.1 Å². The van der Waals surface area contributed by atoms with Crippen molar-refractivity contribution in [1.29, 1.82) is 0 Å². The molecular formula is C16H13N5O2S. The van der Waals surface area contributed by atoms with Crippen LogP contribution in [-0.4, -0.2) is 19.1 Å². The summed E-state index contributed by atoms with van der Waals surface area (Å²) in [4.78, 5) is 33.3. The summed E-state index contributed by atoms with van der Waals surface area (Å²) in [5.41, 5.74) is 6.97. The maximum absolute atomic E-state index is 12.4.